The van der Waals surface area contributed by atoms with Crippen LogP contribution in [0.5, 0.6) is 0 Å². The van der Waals surface area contributed by atoms with E-state index >= 15 is 0 Å². The number of carboxylic acid groups (broad SMARTS) is 2. The van der Waals surface area contributed by atoms with Gasteiger partial charge in [0, 0.05) is 24.9 Å². The van der Waals surface area contributed by atoms with Crippen molar-refractivity contribution in [2.24, 2.45) is 91.7 Å². The Balaban J connectivity index is 1.13. The third-order valence-electron chi connectivity index (χ3n) is 22.3. The highest BCUT2D eigenvalue weighted by Gasteiger charge is 2.72. The molecule has 4 saturated carbocycles. The summed E-state index contributed by atoms with van der Waals surface area (Å²) in [5.41, 5.74) is -1.31. The lowest BCUT2D eigenvalue weighted by Crippen LogP contribution is -2.68. The lowest BCUT2D eigenvalue weighted by Gasteiger charge is -2.71. The van der Waals surface area contributed by atoms with Gasteiger partial charge in [-0.05, 0) is 127 Å². The van der Waals surface area contributed by atoms with Crippen LogP contribution in [0.3, 0.4) is 0 Å². The SMILES string of the molecule is CCC1O[C@@H](OC2[C@H](O[C@H]3CCC4(C)C5CC=C6C7CC(C)(C)CC[C@]7(C(=O)O)C(OC)C[C@@]6(C)C5(C)CC[C@H]4[C@@]3(C)C=O)OC(C(=O)O)[C@@H](C)[C@@H]2O[C@@H]2OC[C@@H](C)[C@H](C)C2C)C(C)[C@@H](C)[C@H]1C. The Bertz CT molecular complexity index is 1920. The fourth-order valence-electron chi connectivity index (χ4n) is 16.8. The van der Waals surface area contributed by atoms with E-state index in [1.807, 2.05) is 6.92 Å². The van der Waals surface area contributed by atoms with Crippen LogP contribution in [0.15, 0.2) is 11.6 Å². The fraction of sp³-hybridized carbons (Fsp3) is 0.911. The van der Waals surface area contributed by atoms with E-state index in [4.69, 9.17) is 33.2 Å². The standard InChI is InChI=1S/C56H90O12/c1-16-38-32(5)31(4)34(7)48(64-38)68-45-43(66-47-33(6)30(3)29(2)27-63-47)35(8)44(46(58)59)67-49(45)65-41-20-21-52(11)39(53(41,12)28-57)19-22-54(13)40(52)18-17-36-37-25-51(9,10)23-24-56(37,50(60)61)42(62-15)26-55(36,54)14/h17,28-35,37-45,47-49H,16,18-27H2,1-15H3,(H,58,59)(H,60,61)/t29-,30+,31+,32-,33?,34?,35+,37?,38?,39-,40?,41+,42?,43+,44?,45?,47+,48+,49-,52?,53-,54?,55-,56-/m1/s1. The highest BCUT2D eigenvalue weighted by Crippen LogP contribution is 2.76. The first-order valence-electron chi connectivity index (χ1n) is 26.8. The molecular formula is C56H90O12. The van der Waals surface area contributed by atoms with E-state index in [0.29, 0.717) is 43.6 Å². The average Bonchev–Trinajstić information content (AvgIpc) is 3.28. The maximum Gasteiger partial charge on any atom is 0.333 e. The Hall–Kier alpha value is -1.93. The molecule has 0 aromatic rings. The molecular weight excluding hydrogens is 865 g/mol. The third-order valence-corrected chi connectivity index (χ3v) is 22.3. The highest BCUT2D eigenvalue weighted by molar-refractivity contribution is 5.78. The van der Waals surface area contributed by atoms with Crippen molar-refractivity contribution in [1.82, 2.24) is 0 Å². The summed E-state index contributed by atoms with van der Waals surface area (Å²) in [4.78, 5) is 40.8. The highest BCUT2D eigenvalue weighted by atomic mass is 16.8. The number of aliphatic carboxylic acids is 2. The molecule has 7 fully saturated rings. The monoisotopic (exact) mass is 955 g/mol. The van der Waals surface area contributed by atoms with Crippen molar-refractivity contribution in [2.75, 3.05) is 13.7 Å². The summed E-state index contributed by atoms with van der Waals surface area (Å²) >= 11 is 0. The first-order chi connectivity index (χ1) is 31.8. The number of carboxylic acids is 2. The van der Waals surface area contributed by atoms with E-state index in [1.54, 1.807) is 7.11 Å². The van der Waals surface area contributed by atoms with Crippen molar-refractivity contribution in [3.05, 3.63) is 11.6 Å². The van der Waals surface area contributed by atoms with Crippen molar-refractivity contribution in [3.63, 3.8) is 0 Å². The Morgan fingerprint density at radius 2 is 1.41 bits per heavy atom. The number of methoxy groups -OCH3 is 1. The molecule has 0 bridgehead atoms. The molecule has 386 valence electrons. The molecule has 5 aliphatic carbocycles. The quantitative estimate of drug-likeness (QED) is 0.115. The second-order valence-electron chi connectivity index (χ2n) is 25.9. The Morgan fingerprint density at radius 1 is 0.735 bits per heavy atom. The van der Waals surface area contributed by atoms with Gasteiger partial charge in [-0.3, -0.25) is 4.79 Å². The summed E-state index contributed by atoms with van der Waals surface area (Å²) in [5, 5.41) is 21.9. The first-order valence-corrected chi connectivity index (χ1v) is 26.8. The van der Waals surface area contributed by atoms with Gasteiger partial charge in [-0.25, -0.2) is 4.79 Å². The van der Waals surface area contributed by atoms with Crippen molar-refractivity contribution in [2.45, 2.75) is 217 Å². The third kappa shape index (κ3) is 7.95. The zero-order valence-corrected chi connectivity index (χ0v) is 44.4. The van der Waals surface area contributed by atoms with Gasteiger partial charge in [-0.2, -0.15) is 0 Å². The molecule has 8 rings (SSSR count). The smallest absolute Gasteiger partial charge is 0.333 e. The minimum atomic E-state index is -1.26. The van der Waals surface area contributed by atoms with E-state index in [9.17, 15) is 24.6 Å². The summed E-state index contributed by atoms with van der Waals surface area (Å²) in [6, 6.07) is 0. The van der Waals surface area contributed by atoms with Gasteiger partial charge in [0.1, 0.15) is 17.8 Å². The number of aldehydes is 1. The summed E-state index contributed by atoms with van der Waals surface area (Å²) < 4.78 is 47.5. The number of carbonyl (C=O) groups is 3. The van der Waals surface area contributed by atoms with Crippen LogP contribution in [0.25, 0.3) is 0 Å². The number of hydrogen-bond donors (Lipinski definition) is 2. The molecule has 2 N–H and O–H groups in total. The molecule has 10 unspecified atom stereocenters. The van der Waals surface area contributed by atoms with Crippen LogP contribution < -0.4 is 0 Å². The van der Waals surface area contributed by atoms with Gasteiger partial charge in [0.25, 0.3) is 0 Å². The second-order valence-corrected chi connectivity index (χ2v) is 25.9. The summed E-state index contributed by atoms with van der Waals surface area (Å²) in [7, 11) is 1.71. The van der Waals surface area contributed by atoms with E-state index in [1.165, 1.54) is 5.57 Å². The van der Waals surface area contributed by atoms with E-state index < -0.39 is 78.1 Å². The normalized spacial score (nSPS) is 53.4. The first kappa shape index (κ1) is 52.4. The van der Waals surface area contributed by atoms with Crippen LogP contribution in [0.4, 0.5) is 0 Å². The van der Waals surface area contributed by atoms with Gasteiger partial charge in [-0.1, -0.05) is 109 Å². The molecule has 0 amide bonds. The van der Waals surface area contributed by atoms with Crippen LogP contribution in [-0.2, 0) is 47.5 Å². The molecule has 12 heteroatoms. The van der Waals surface area contributed by atoms with Crippen LogP contribution in [-0.4, -0.2) is 97.6 Å². The number of carbonyl (C=O) groups excluding carboxylic acids is 1. The van der Waals surface area contributed by atoms with Gasteiger partial charge in [-0.15, -0.1) is 0 Å². The van der Waals surface area contributed by atoms with Gasteiger partial charge >= 0.3 is 11.9 Å². The number of ether oxygens (including phenoxy) is 7. The maximum absolute atomic E-state index is 14.1. The van der Waals surface area contributed by atoms with Crippen LogP contribution in [0, 0.1) is 91.7 Å². The van der Waals surface area contributed by atoms with Crippen LogP contribution >= 0.6 is 0 Å². The predicted octanol–water partition coefficient (Wildman–Crippen LogP) is 10.6. The van der Waals surface area contributed by atoms with Gasteiger partial charge in [0.2, 0.25) is 0 Å². The van der Waals surface area contributed by atoms with Crippen LogP contribution in [0.2, 0.25) is 0 Å². The Labute approximate surface area is 408 Å². The predicted molar refractivity (Wildman–Crippen MR) is 257 cm³/mol. The molecule has 8 aliphatic rings. The Kier molecular flexibility index (Phi) is 14.3. The topological polar surface area (TPSA) is 156 Å². The van der Waals surface area contributed by atoms with Crippen molar-refractivity contribution in [3.8, 4) is 0 Å². The van der Waals surface area contributed by atoms with Gasteiger partial charge in [0.05, 0.1) is 36.4 Å². The molecule has 3 heterocycles. The zero-order valence-electron chi connectivity index (χ0n) is 44.4. The molecule has 0 aromatic carbocycles. The maximum atomic E-state index is 14.1. The number of hydrogen-bond acceptors (Lipinski definition) is 10. The number of fused-ring (bicyclic) bond motifs is 7. The van der Waals surface area contributed by atoms with Crippen molar-refractivity contribution < 1.29 is 57.8 Å². The van der Waals surface area contributed by atoms with Gasteiger partial charge < -0.3 is 48.2 Å². The molecule has 3 saturated heterocycles. The molecule has 12 nitrogen and oxygen atoms in total. The molecule has 3 aliphatic heterocycles. The van der Waals surface area contributed by atoms with E-state index in [-0.39, 0.29) is 63.3 Å². The molecule has 0 spiro atoms. The lowest BCUT2D eigenvalue weighted by molar-refractivity contribution is -0.375. The minimum absolute atomic E-state index is 0.0138. The minimum Gasteiger partial charge on any atom is -0.481 e. The summed E-state index contributed by atoms with van der Waals surface area (Å²) in [6.45, 7) is 31.6. The van der Waals surface area contributed by atoms with Gasteiger partial charge in [0.15, 0.2) is 25.0 Å². The number of allylic oxidation sites excluding steroid dienone is 2. The summed E-state index contributed by atoms with van der Waals surface area (Å²) in [6.07, 6.45) is 4.81. The van der Waals surface area contributed by atoms with E-state index in [0.717, 1.165) is 51.2 Å². The summed E-state index contributed by atoms with van der Waals surface area (Å²) in [5.74, 6) is -1.10. The lowest BCUT2D eigenvalue weighted by atomic mass is 9.33. The van der Waals surface area contributed by atoms with Crippen LogP contribution in [0.1, 0.15) is 161 Å². The van der Waals surface area contributed by atoms with E-state index in [2.05, 4.69) is 96.1 Å². The molecule has 0 aromatic heterocycles. The van der Waals surface area contributed by atoms with Crippen molar-refractivity contribution in [1.29, 1.82) is 0 Å². The van der Waals surface area contributed by atoms with Crippen molar-refractivity contribution >= 4 is 18.2 Å². The zero-order chi connectivity index (χ0) is 49.8. The molecule has 24 atom stereocenters. The second kappa shape index (κ2) is 18.5. The molecule has 68 heavy (non-hydrogen) atoms. The number of rotatable bonds is 11. The largest absolute Gasteiger partial charge is 0.481 e. The molecule has 0 radical (unpaired) electrons. The average molecular weight is 955 g/mol. The fourth-order valence-corrected chi connectivity index (χ4v) is 16.8. The Morgan fingerprint density at radius 3 is 2.04 bits per heavy atom.